The van der Waals surface area contributed by atoms with Crippen molar-refractivity contribution in [1.29, 1.82) is 0 Å². The predicted molar refractivity (Wildman–Crippen MR) is 71.6 cm³/mol. The summed E-state index contributed by atoms with van der Waals surface area (Å²) >= 11 is 0. The number of nitrogens with one attached hydrogen (secondary N) is 1. The molecule has 0 unspecified atom stereocenters. The zero-order valence-corrected chi connectivity index (χ0v) is 11.0. The number of hydrogen-bond donors (Lipinski definition) is 2. The number of benzene rings is 1. The van der Waals surface area contributed by atoms with Crippen molar-refractivity contribution in [2.45, 2.75) is 12.8 Å². The van der Waals surface area contributed by atoms with Gasteiger partial charge in [0.05, 0.1) is 12.6 Å². The van der Waals surface area contributed by atoms with Gasteiger partial charge in [0, 0.05) is 20.0 Å². The molecule has 0 bridgehead atoms. The van der Waals surface area contributed by atoms with Crippen molar-refractivity contribution in [3.8, 4) is 5.75 Å². The summed E-state index contributed by atoms with van der Waals surface area (Å²) in [5.41, 5.74) is 1.74. The van der Waals surface area contributed by atoms with Crippen LogP contribution < -0.4 is 4.74 Å². The number of rotatable bonds is 5. The lowest BCUT2D eigenvalue weighted by molar-refractivity contribution is 0.155. The first-order chi connectivity index (χ1) is 9.11. The lowest BCUT2D eigenvalue weighted by Gasteiger charge is -2.11. The van der Waals surface area contributed by atoms with E-state index in [4.69, 9.17) is 9.84 Å². The Balaban J connectivity index is 2.04. The maximum Gasteiger partial charge on any atom is 0.407 e. The van der Waals surface area contributed by atoms with Crippen molar-refractivity contribution in [2.24, 2.45) is 0 Å². The predicted octanol–water partition coefficient (Wildman–Crippen LogP) is 2.11. The Labute approximate surface area is 111 Å². The Morgan fingerprint density at radius 3 is 3.00 bits per heavy atom. The van der Waals surface area contributed by atoms with E-state index in [0.29, 0.717) is 13.0 Å². The van der Waals surface area contributed by atoms with Gasteiger partial charge in [0.2, 0.25) is 0 Å². The molecule has 1 aromatic carbocycles. The summed E-state index contributed by atoms with van der Waals surface area (Å²) in [5.74, 6) is 1.58. The van der Waals surface area contributed by atoms with E-state index >= 15 is 0 Å². The second kappa shape index (κ2) is 5.60. The van der Waals surface area contributed by atoms with E-state index in [1.807, 2.05) is 18.2 Å². The number of imidazole rings is 1. The highest BCUT2D eigenvalue weighted by Gasteiger charge is 2.09. The highest BCUT2D eigenvalue weighted by atomic mass is 16.5. The molecule has 0 aliphatic heterocycles. The fourth-order valence-corrected chi connectivity index (χ4v) is 1.92. The Bertz CT molecular complexity index is 580. The lowest BCUT2D eigenvalue weighted by Crippen LogP contribution is -2.25. The zero-order chi connectivity index (χ0) is 13.8. The smallest absolute Gasteiger partial charge is 0.407 e. The molecule has 0 fully saturated rings. The maximum atomic E-state index is 10.7. The summed E-state index contributed by atoms with van der Waals surface area (Å²) in [6.45, 7) is 0.490. The molecule has 0 radical (unpaired) electrons. The van der Waals surface area contributed by atoms with Crippen molar-refractivity contribution in [1.82, 2.24) is 14.9 Å². The fourth-order valence-electron chi connectivity index (χ4n) is 1.92. The minimum Gasteiger partial charge on any atom is -0.494 e. The van der Waals surface area contributed by atoms with Gasteiger partial charge in [0.25, 0.3) is 0 Å². The number of ether oxygens (including phenoxy) is 1. The SMILES string of the molecule is COc1cccc2[nH]c(CCCN(C)C(=O)O)nc12. The average molecular weight is 263 g/mol. The molecule has 2 N–H and O–H groups in total. The summed E-state index contributed by atoms with van der Waals surface area (Å²) in [6.07, 6.45) is 0.520. The van der Waals surface area contributed by atoms with Crippen LogP contribution >= 0.6 is 0 Å². The first kappa shape index (κ1) is 13.2. The standard InChI is InChI=1S/C13H17N3O3/c1-16(13(17)18)8-4-7-11-14-9-5-3-6-10(19-2)12(9)15-11/h3,5-6H,4,7-8H2,1-2H3,(H,14,15)(H,17,18). The summed E-state index contributed by atoms with van der Waals surface area (Å²) in [4.78, 5) is 19.6. The van der Waals surface area contributed by atoms with Crippen LogP contribution in [0.1, 0.15) is 12.2 Å². The fraction of sp³-hybridized carbons (Fsp3) is 0.385. The topological polar surface area (TPSA) is 78.5 Å². The van der Waals surface area contributed by atoms with Crippen molar-refractivity contribution >= 4 is 17.1 Å². The Morgan fingerprint density at radius 1 is 1.53 bits per heavy atom. The number of para-hydroxylation sites is 1. The van der Waals surface area contributed by atoms with Crippen molar-refractivity contribution < 1.29 is 14.6 Å². The Hall–Kier alpha value is -2.24. The van der Waals surface area contributed by atoms with Gasteiger partial charge in [0.1, 0.15) is 17.1 Å². The molecule has 1 heterocycles. The van der Waals surface area contributed by atoms with E-state index in [9.17, 15) is 4.79 Å². The highest BCUT2D eigenvalue weighted by molar-refractivity contribution is 5.81. The van der Waals surface area contributed by atoms with E-state index in [1.54, 1.807) is 14.2 Å². The van der Waals surface area contributed by atoms with Crippen LogP contribution in [0.25, 0.3) is 11.0 Å². The molecule has 0 spiro atoms. The Morgan fingerprint density at radius 2 is 2.32 bits per heavy atom. The molecule has 6 nitrogen and oxygen atoms in total. The summed E-state index contributed by atoms with van der Waals surface area (Å²) in [5, 5.41) is 8.75. The van der Waals surface area contributed by atoms with E-state index in [1.165, 1.54) is 4.90 Å². The van der Waals surface area contributed by atoms with Crippen LogP contribution in [0.15, 0.2) is 18.2 Å². The number of H-pyrrole nitrogens is 1. The second-order valence-corrected chi connectivity index (χ2v) is 4.35. The normalized spacial score (nSPS) is 10.6. The number of carbonyl (C=O) groups is 1. The third kappa shape index (κ3) is 2.96. The van der Waals surface area contributed by atoms with Crippen molar-refractivity contribution in [3.05, 3.63) is 24.0 Å². The molecule has 1 amide bonds. The minimum absolute atomic E-state index is 0.490. The molecule has 102 valence electrons. The quantitative estimate of drug-likeness (QED) is 0.866. The third-order valence-corrected chi connectivity index (χ3v) is 2.98. The van der Waals surface area contributed by atoms with Crippen molar-refractivity contribution in [3.63, 3.8) is 0 Å². The van der Waals surface area contributed by atoms with E-state index in [2.05, 4.69) is 9.97 Å². The van der Waals surface area contributed by atoms with Gasteiger partial charge in [-0.2, -0.15) is 0 Å². The van der Waals surface area contributed by atoms with Gasteiger partial charge in [0.15, 0.2) is 0 Å². The molecule has 0 atom stereocenters. The van der Waals surface area contributed by atoms with Crippen molar-refractivity contribution in [2.75, 3.05) is 20.7 Å². The van der Waals surface area contributed by atoms with Crippen LogP contribution in [0.5, 0.6) is 5.75 Å². The molecule has 2 rings (SSSR count). The molecule has 0 saturated carbocycles. The number of amides is 1. The van der Waals surface area contributed by atoms with Crippen LogP contribution in [-0.4, -0.2) is 46.8 Å². The van der Waals surface area contributed by atoms with Gasteiger partial charge in [-0.05, 0) is 18.6 Å². The average Bonchev–Trinajstić information content (AvgIpc) is 2.80. The number of fused-ring (bicyclic) bond motifs is 1. The van der Waals surface area contributed by atoms with Crippen LogP contribution in [0.3, 0.4) is 0 Å². The molecule has 2 aromatic rings. The van der Waals surface area contributed by atoms with Gasteiger partial charge in [-0.25, -0.2) is 9.78 Å². The largest absolute Gasteiger partial charge is 0.494 e. The second-order valence-electron chi connectivity index (χ2n) is 4.35. The number of hydrogen-bond acceptors (Lipinski definition) is 3. The number of methoxy groups -OCH3 is 1. The third-order valence-electron chi connectivity index (χ3n) is 2.98. The summed E-state index contributed by atoms with van der Waals surface area (Å²) < 4.78 is 5.25. The molecular formula is C13H17N3O3. The van der Waals surface area contributed by atoms with E-state index in [-0.39, 0.29) is 0 Å². The molecule has 0 saturated heterocycles. The number of aromatic nitrogens is 2. The number of aryl methyl sites for hydroxylation is 1. The summed E-state index contributed by atoms with van der Waals surface area (Å²) in [7, 11) is 3.18. The van der Waals surface area contributed by atoms with Crippen LogP contribution in [-0.2, 0) is 6.42 Å². The molecule has 6 heteroatoms. The van der Waals surface area contributed by atoms with Crippen LogP contribution in [0.4, 0.5) is 4.79 Å². The van der Waals surface area contributed by atoms with Crippen LogP contribution in [0.2, 0.25) is 0 Å². The van der Waals surface area contributed by atoms with Gasteiger partial charge < -0.3 is 19.7 Å². The van der Waals surface area contributed by atoms with Gasteiger partial charge in [-0.1, -0.05) is 6.07 Å². The van der Waals surface area contributed by atoms with Crippen LogP contribution in [0, 0.1) is 0 Å². The molecular weight excluding hydrogens is 246 g/mol. The number of carboxylic acid groups (broad SMARTS) is 1. The maximum absolute atomic E-state index is 10.7. The molecule has 0 aliphatic rings. The lowest BCUT2D eigenvalue weighted by atomic mass is 10.3. The molecule has 0 aliphatic carbocycles. The number of nitrogens with zero attached hydrogens (tertiary/aromatic N) is 2. The first-order valence-corrected chi connectivity index (χ1v) is 6.07. The van der Waals surface area contributed by atoms with Gasteiger partial charge in [-0.3, -0.25) is 0 Å². The van der Waals surface area contributed by atoms with E-state index < -0.39 is 6.09 Å². The molecule has 19 heavy (non-hydrogen) atoms. The molecule has 1 aromatic heterocycles. The highest BCUT2D eigenvalue weighted by Crippen LogP contribution is 2.23. The number of aromatic amines is 1. The first-order valence-electron chi connectivity index (χ1n) is 6.07. The Kier molecular flexibility index (Phi) is 3.89. The van der Waals surface area contributed by atoms with Gasteiger partial charge in [-0.15, -0.1) is 0 Å². The zero-order valence-electron chi connectivity index (χ0n) is 11.0. The summed E-state index contributed by atoms with van der Waals surface area (Å²) in [6, 6.07) is 5.71. The monoisotopic (exact) mass is 263 g/mol. The van der Waals surface area contributed by atoms with Gasteiger partial charge >= 0.3 is 6.09 Å². The van der Waals surface area contributed by atoms with E-state index in [0.717, 1.165) is 29.0 Å². The minimum atomic E-state index is -0.911.